The van der Waals surface area contributed by atoms with Crippen molar-refractivity contribution >= 4 is 5.97 Å². The molecule has 3 heteroatoms. The highest BCUT2D eigenvalue weighted by Crippen LogP contribution is 2.55. The van der Waals surface area contributed by atoms with Crippen LogP contribution in [0, 0.1) is 5.92 Å². The highest BCUT2D eigenvalue weighted by molar-refractivity contribution is 5.93. The number of hydrogen-bond acceptors (Lipinski definition) is 3. The summed E-state index contributed by atoms with van der Waals surface area (Å²) < 4.78 is 11.2. The molecule has 0 saturated carbocycles. The molecule has 0 aromatic heterocycles. The van der Waals surface area contributed by atoms with Crippen molar-refractivity contribution < 1.29 is 14.3 Å². The van der Waals surface area contributed by atoms with E-state index in [2.05, 4.69) is 32.9 Å². The topological polar surface area (TPSA) is 35.5 Å². The zero-order valence-electron chi connectivity index (χ0n) is 15.1. The quantitative estimate of drug-likeness (QED) is 0.761. The number of benzene rings is 1. The Morgan fingerprint density at radius 3 is 2.79 bits per heavy atom. The molecule has 0 radical (unpaired) electrons. The fraction of sp³-hybridized carbons (Fsp3) is 0.571. The monoisotopic (exact) mass is 326 g/mol. The molecule has 1 aromatic rings. The first-order valence-corrected chi connectivity index (χ1v) is 9.06. The van der Waals surface area contributed by atoms with Crippen molar-refractivity contribution in [2.75, 3.05) is 13.7 Å². The van der Waals surface area contributed by atoms with Crippen molar-refractivity contribution in [3.63, 3.8) is 0 Å². The average molecular weight is 326 g/mol. The maximum absolute atomic E-state index is 12.3. The van der Waals surface area contributed by atoms with Crippen LogP contribution in [0.1, 0.15) is 62.6 Å². The summed E-state index contributed by atoms with van der Waals surface area (Å²) in [5.41, 5.74) is 6.27. The molecule has 0 fully saturated rings. The van der Waals surface area contributed by atoms with Crippen LogP contribution in [-0.4, -0.2) is 19.7 Å². The lowest BCUT2D eigenvalue weighted by Crippen LogP contribution is -2.41. The Hall–Kier alpha value is -1.77. The Labute approximate surface area is 144 Å². The van der Waals surface area contributed by atoms with Gasteiger partial charge in [0.2, 0.25) is 0 Å². The Balaban J connectivity index is 1.86. The van der Waals surface area contributed by atoms with Crippen molar-refractivity contribution in [1.29, 1.82) is 0 Å². The van der Waals surface area contributed by atoms with E-state index in [1.165, 1.54) is 22.3 Å². The van der Waals surface area contributed by atoms with Gasteiger partial charge in [-0.25, -0.2) is 4.79 Å². The molecule has 2 aliphatic carbocycles. The summed E-state index contributed by atoms with van der Waals surface area (Å²) in [6, 6.07) is 4.53. The standard InChI is InChI=1S/C21H26O3/c1-12(2)14-5-7-16-15(19(14)23-4)6-8-17-18-13(11-24-20(18)22)9-10-21(16,17)3/h5,7,12,17H,6,8-11H2,1-4H3/t17-,21+/m0/s1. The highest BCUT2D eigenvalue weighted by Gasteiger charge is 2.50. The molecule has 24 heavy (non-hydrogen) atoms. The summed E-state index contributed by atoms with van der Waals surface area (Å²) in [4.78, 5) is 12.3. The Morgan fingerprint density at radius 1 is 1.29 bits per heavy atom. The molecule has 1 aromatic carbocycles. The molecular weight excluding hydrogens is 300 g/mol. The molecule has 0 saturated heterocycles. The minimum absolute atomic E-state index is 0.0125. The predicted molar refractivity (Wildman–Crippen MR) is 93.5 cm³/mol. The lowest BCUT2D eigenvalue weighted by molar-refractivity contribution is -0.136. The van der Waals surface area contributed by atoms with E-state index in [-0.39, 0.29) is 11.4 Å². The molecule has 0 unspecified atom stereocenters. The minimum Gasteiger partial charge on any atom is -0.496 e. The van der Waals surface area contributed by atoms with Crippen LogP contribution >= 0.6 is 0 Å². The zero-order valence-corrected chi connectivity index (χ0v) is 15.1. The molecule has 1 aliphatic heterocycles. The first kappa shape index (κ1) is 15.7. The van der Waals surface area contributed by atoms with Crippen molar-refractivity contribution in [2.45, 2.75) is 57.8 Å². The van der Waals surface area contributed by atoms with Crippen molar-refractivity contribution in [2.24, 2.45) is 5.92 Å². The minimum atomic E-state index is -0.0739. The largest absolute Gasteiger partial charge is 0.496 e. The summed E-state index contributed by atoms with van der Waals surface area (Å²) in [5.74, 6) is 1.73. The molecular formula is C21H26O3. The number of methoxy groups -OCH3 is 1. The van der Waals surface area contributed by atoms with E-state index in [4.69, 9.17) is 9.47 Å². The zero-order chi connectivity index (χ0) is 17.1. The number of esters is 1. The van der Waals surface area contributed by atoms with Gasteiger partial charge in [0.25, 0.3) is 0 Å². The second-order valence-electron chi connectivity index (χ2n) is 7.97. The van der Waals surface area contributed by atoms with Gasteiger partial charge in [0.1, 0.15) is 12.4 Å². The number of hydrogen-bond donors (Lipinski definition) is 0. The van der Waals surface area contributed by atoms with Crippen LogP contribution in [0.4, 0.5) is 0 Å². The molecule has 2 atom stereocenters. The van der Waals surface area contributed by atoms with E-state index in [0.717, 1.165) is 37.0 Å². The van der Waals surface area contributed by atoms with Gasteiger partial charge in [-0.2, -0.15) is 0 Å². The first-order valence-electron chi connectivity index (χ1n) is 9.06. The predicted octanol–water partition coefficient (Wildman–Crippen LogP) is 4.29. The van der Waals surface area contributed by atoms with Crippen molar-refractivity contribution in [3.05, 3.63) is 40.0 Å². The van der Waals surface area contributed by atoms with Crippen molar-refractivity contribution in [1.82, 2.24) is 0 Å². The third-order valence-corrected chi connectivity index (χ3v) is 6.46. The third-order valence-electron chi connectivity index (χ3n) is 6.46. The molecule has 0 amide bonds. The van der Waals surface area contributed by atoms with Gasteiger partial charge in [0.05, 0.1) is 7.11 Å². The van der Waals surface area contributed by atoms with Gasteiger partial charge in [-0.3, -0.25) is 0 Å². The summed E-state index contributed by atoms with van der Waals surface area (Å²) >= 11 is 0. The molecule has 0 N–H and O–H groups in total. The lowest BCUT2D eigenvalue weighted by Gasteiger charge is -2.46. The lowest BCUT2D eigenvalue weighted by atomic mass is 9.56. The number of carbonyl (C=O) groups is 1. The number of rotatable bonds is 2. The van der Waals surface area contributed by atoms with Crippen LogP contribution in [-0.2, 0) is 21.4 Å². The molecule has 1 heterocycles. The number of ether oxygens (including phenoxy) is 2. The van der Waals surface area contributed by atoms with Crippen LogP contribution in [0.15, 0.2) is 23.3 Å². The maximum atomic E-state index is 12.3. The molecule has 4 rings (SSSR count). The summed E-state index contributed by atoms with van der Waals surface area (Å²) in [7, 11) is 1.78. The first-order chi connectivity index (χ1) is 11.5. The third kappa shape index (κ3) is 2.00. The Bertz CT molecular complexity index is 744. The molecule has 128 valence electrons. The second-order valence-corrected chi connectivity index (χ2v) is 7.97. The Kier molecular flexibility index (Phi) is 3.52. The van der Waals surface area contributed by atoms with E-state index >= 15 is 0 Å². The fourth-order valence-electron chi connectivity index (χ4n) is 5.15. The summed E-state index contributed by atoms with van der Waals surface area (Å²) in [6.45, 7) is 7.27. The molecule has 3 aliphatic rings. The van der Waals surface area contributed by atoms with Gasteiger partial charge in [-0.15, -0.1) is 0 Å². The number of cyclic esters (lactones) is 1. The normalized spacial score (nSPS) is 28.4. The van der Waals surface area contributed by atoms with E-state index < -0.39 is 0 Å². The number of carbonyl (C=O) groups excluding carboxylic acids is 1. The highest BCUT2D eigenvalue weighted by atomic mass is 16.5. The Morgan fingerprint density at radius 2 is 2.08 bits per heavy atom. The van der Waals surface area contributed by atoms with Gasteiger partial charge in [-0.1, -0.05) is 32.9 Å². The number of fused-ring (bicyclic) bond motifs is 4. The van der Waals surface area contributed by atoms with Crippen LogP contribution in [0.2, 0.25) is 0 Å². The van der Waals surface area contributed by atoms with E-state index in [1.54, 1.807) is 7.11 Å². The maximum Gasteiger partial charge on any atom is 0.334 e. The van der Waals surface area contributed by atoms with Gasteiger partial charge in [0, 0.05) is 16.9 Å². The van der Waals surface area contributed by atoms with Gasteiger partial charge >= 0.3 is 5.97 Å². The average Bonchev–Trinajstić information content (AvgIpc) is 2.94. The van der Waals surface area contributed by atoms with E-state index in [9.17, 15) is 4.79 Å². The van der Waals surface area contributed by atoms with Gasteiger partial charge in [0.15, 0.2) is 0 Å². The van der Waals surface area contributed by atoms with Crippen molar-refractivity contribution in [3.8, 4) is 5.75 Å². The van der Waals surface area contributed by atoms with E-state index in [1.807, 2.05) is 0 Å². The van der Waals surface area contributed by atoms with Gasteiger partial charge < -0.3 is 9.47 Å². The molecule has 3 nitrogen and oxygen atoms in total. The van der Waals surface area contributed by atoms with Gasteiger partial charge in [-0.05, 0) is 53.9 Å². The van der Waals surface area contributed by atoms with Crippen LogP contribution in [0.5, 0.6) is 5.75 Å². The van der Waals surface area contributed by atoms with Crippen LogP contribution in [0.3, 0.4) is 0 Å². The molecule has 0 bridgehead atoms. The summed E-state index contributed by atoms with van der Waals surface area (Å²) in [6.07, 6.45) is 4.05. The fourth-order valence-corrected chi connectivity index (χ4v) is 5.15. The second kappa shape index (κ2) is 5.37. The van der Waals surface area contributed by atoms with E-state index in [0.29, 0.717) is 18.4 Å². The summed E-state index contributed by atoms with van der Waals surface area (Å²) in [5, 5.41) is 0. The van der Waals surface area contributed by atoms with Crippen LogP contribution < -0.4 is 4.74 Å². The molecule has 0 spiro atoms. The van der Waals surface area contributed by atoms with Crippen LogP contribution in [0.25, 0.3) is 0 Å². The SMILES string of the molecule is COc1c(C(C)C)ccc2c1CC[C@H]1C3=C(CC[C@]21C)COC3=O. The smallest absolute Gasteiger partial charge is 0.334 e.